The van der Waals surface area contributed by atoms with E-state index in [-0.39, 0.29) is 11.7 Å². The average Bonchev–Trinajstić information content (AvgIpc) is 3.34. The molecule has 1 N–H and O–H groups in total. The Hall–Kier alpha value is -2.20. The summed E-state index contributed by atoms with van der Waals surface area (Å²) in [5, 5.41) is 3.06. The lowest BCUT2D eigenvalue weighted by molar-refractivity contribution is -0.126. The second kappa shape index (κ2) is 6.92. The lowest BCUT2D eigenvalue weighted by Gasteiger charge is -2.27. The van der Waals surface area contributed by atoms with E-state index >= 15 is 0 Å². The highest BCUT2D eigenvalue weighted by Gasteiger charge is 2.30. The molecule has 0 radical (unpaired) electrons. The number of nitrogens with zero attached hydrogens (tertiary/aromatic N) is 1. The van der Waals surface area contributed by atoms with Gasteiger partial charge in [-0.05, 0) is 43.1 Å². The zero-order chi connectivity index (χ0) is 16.2. The van der Waals surface area contributed by atoms with E-state index in [1.807, 2.05) is 42.3 Å². The molecule has 0 aromatic heterocycles. The fraction of sp³-hybridized carbons (Fsp3) is 0.316. The monoisotopic (exact) mass is 312 g/mol. The maximum atomic E-state index is 13.2. The Bertz CT molecular complexity index is 653. The van der Waals surface area contributed by atoms with Crippen molar-refractivity contribution in [3.63, 3.8) is 0 Å². The van der Waals surface area contributed by atoms with Crippen LogP contribution < -0.4 is 5.32 Å². The van der Waals surface area contributed by atoms with E-state index in [9.17, 15) is 9.18 Å². The van der Waals surface area contributed by atoms with E-state index < -0.39 is 6.04 Å². The minimum Gasteiger partial charge on any atom is -0.352 e. The molecule has 2 aromatic carbocycles. The molecule has 120 valence electrons. The van der Waals surface area contributed by atoms with Crippen LogP contribution >= 0.6 is 0 Å². The number of rotatable bonds is 6. The van der Waals surface area contributed by atoms with Gasteiger partial charge in [0.1, 0.15) is 11.9 Å². The molecule has 4 heteroatoms. The Kier molecular flexibility index (Phi) is 4.72. The number of likely N-dealkylation sites (N-methyl/N-ethyl adjacent to an activating group) is 1. The Morgan fingerprint density at radius 1 is 1.17 bits per heavy atom. The quantitative estimate of drug-likeness (QED) is 0.888. The van der Waals surface area contributed by atoms with Gasteiger partial charge < -0.3 is 5.32 Å². The first-order valence-corrected chi connectivity index (χ1v) is 7.93. The Balaban J connectivity index is 1.81. The molecular formula is C19H21FN2O. The van der Waals surface area contributed by atoms with Gasteiger partial charge in [0.05, 0.1) is 0 Å². The minimum absolute atomic E-state index is 0.0162. The molecule has 2 aromatic rings. The van der Waals surface area contributed by atoms with Gasteiger partial charge in [-0.25, -0.2) is 4.39 Å². The summed E-state index contributed by atoms with van der Waals surface area (Å²) in [7, 11) is 1.92. The predicted octanol–water partition coefficient (Wildman–Crippen LogP) is 3.28. The molecule has 23 heavy (non-hydrogen) atoms. The lowest BCUT2D eigenvalue weighted by atomic mass is 10.0. The topological polar surface area (TPSA) is 32.3 Å². The minimum atomic E-state index is -0.420. The van der Waals surface area contributed by atoms with Crippen molar-refractivity contribution in [1.82, 2.24) is 10.2 Å². The molecule has 0 saturated heterocycles. The molecule has 3 rings (SSSR count). The van der Waals surface area contributed by atoms with Crippen molar-refractivity contribution in [2.45, 2.75) is 31.5 Å². The Morgan fingerprint density at radius 2 is 1.83 bits per heavy atom. The molecule has 1 fully saturated rings. The first-order chi connectivity index (χ1) is 11.1. The molecule has 1 aliphatic rings. The number of carbonyl (C=O) groups excluding carboxylic acids is 1. The standard InChI is InChI=1S/C19H21FN2O/c1-22(13-14-5-3-2-4-6-14)18(19(23)21-17-11-12-17)15-7-9-16(20)10-8-15/h2-10,17-18H,11-13H2,1H3,(H,21,23). The van der Waals surface area contributed by atoms with Gasteiger partial charge >= 0.3 is 0 Å². The number of amides is 1. The second-order valence-corrected chi connectivity index (χ2v) is 6.14. The van der Waals surface area contributed by atoms with Gasteiger partial charge in [-0.1, -0.05) is 42.5 Å². The van der Waals surface area contributed by atoms with Crippen molar-refractivity contribution in [1.29, 1.82) is 0 Å². The Morgan fingerprint density at radius 3 is 2.43 bits per heavy atom. The van der Waals surface area contributed by atoms with Crippen molar-refractivity contribution >= 4 is 5.91 Å². The SMILES string of the molecule is CN(Cc1ccccc1)C(C(=O)NC1CC1)c1ccc(F)cc1. The lowest BCUT2D eigenvalue weighted by Crippen LogP contribution is -2.39. The van der Waals surface area contributed by atoms with E-state index in [4.69, 9.17) is 0 Å². The van der Waals surface area contributed by atoms with E-state index in [1.54, 1.807) is 12.1 Å². The molecule has 0 bridgehead atoms. The fourth-order valence-electron chi connectivity index (χ4n) is 2.72. The van der Waals surface area contributed by atoms with Crippen molar-refractivity contribution in [2.75, 3.05) is 7.05 Å². The molecule has 1 atom stereocenters. The van der Waals surface area contributed by atoms with Crippen LogP contribution in [0.25, 0.3) is 0 Å². The summed E-state index contributed by atoms with van der Waals surface area (Å²) in [5.41, 5.74) is 1.95. The van der Waals surface area contributed by atoms with Gasteiger partial charge in [-0.2, -0.15) is 0 Å². The molecule has 1 saturated carbocycles. The molecule has 1 unspecified atom stereocenters. The van der Waals surface area contributed by atoms with Gasteiger partial charge in [-0.15, -0.1) is 0 Å². The molecule has 0 aliphatic heterocycles. The molecule has 3 nitrogen and oxygen atoms in total. The number of carbonyl (C=O) groups is 1. The smallest absolute Gasteiger partial charge is 0.242 e. The van der Waals surface area contributed by atoms with Crippen molar-refractivity contribution in [3.05, 3.63) is 71.5 Å². The molecule has 0 spiro atoms. The summed E-state index contributed by atoms with van der Waals surface area (Å²) in [5.74, 6) is -0.307. The zero-order valence-corrected chi connectivity index (χ0v) is 13.2. The first-order valence-electron chi connectivity index (χ1n) is 7.93. The first kappa shape index (κ1) is 15.7. The molecule has 1 amide bonds. The molecule has 1 aliphatic carbocycles. The molecular weight excluding hydrogens is 291 g/mol. The van der Waals surface area contributed by atoms with Crippen LogP contribution in [0.2, 0.25) is 0 Å². The van der Waals surface area contributed by atoms with E-state index in [0.717, 1.165) is 24.0 Å². The normalized spacial score (nSPS) is 15.4. The van der Waals surface area contributed by atoms with Crippen molar-refractivity contribution < 1.29 is 9.18 Å². The van der Waals surface area contributed by atoms with E-state index in [2.05, 4.69) is 5.32 Å². The van der Waals surface area contributed by atoms with Crippen LogP contribution in [0.5, 0.6) is 0 Å². The van der Waals surface area contributed by atoms with Crippen LogP contribution in [0.3, 0.4) is 0 Å². The number of halogens is 1. The van der Waals surface area contributed by atoms with Gasteiger partial charge in [0.15, 0.2) is 0 Å². The number of hydrogen-bond donors (Lipinski definition) is 1. The van der Waals surface area contributed by atoms with Gasteiger partial charge in [0.25, 0.3) is 0 Å². The third-order valence-electron chi connectivity index (χ3n) is 4.07. The summed E-state index contributed by atoms with van der Waals surface area (Å²) in [6.07, 6.45) is 2.09. The largest absolute Gasteiger partial charge is 0.352 e. The zero-order valence-electron chi connectivity index (χ0n) is 13.2. The van der Waals surface area contributed by atoms with Gasteiger partial charge in [0, 0.05) is 12.6 Å². The highest BCUT2D eigenvalue weighted by molar-refractivity contribution is 5.83. The summed E-state index contributed by atoms with van der Waals surface area (Å²) < 4.78 is 13.2. The van der Waals surface area contributed by atoms with Crippen LogP contribution in [-0.4, -0.2) is 23.9 Å². The van der Waals surface area contributed by atoms with Crippen LogP contribution in [0.1, 0.15) is 30.0 Å². The van der Waals surface area contributed by atoms with Gasteiger partial charge in [-0.3, -0.25) is 9.69 Å². The van der Waals surface area contributed by atoms with Crippen LogP contribution in [0.15, 0.2) is 54.6 Å². The highest BCUT2D eigenvalue weighted by Crippen LogP contribution is 2.25. The maximum absolute atomic E-state index is 13.2. The maximum Gasteiger partial charge on any atom is 0.242 e. The third-order valence-corrected chi connectivity index (χ3v) is 4.07. The Labute approximate surface area is 136 Å². The summed E-state index contributed by atoms with van der Waals surface area (Å²) >= 11 is 0. The predicted molar refractivity (Wildman–Crippen MR) is 88.2 cm³/mol. The van der Waals surface area contributed by atoms with Crippen molar-refractivity contribution in [2.24, 2.45) is 0 Å². The van der Waals surface area contributed by atoms with Crippen LogP contribution in [0, 0.1) is 5.82 Å². The molecule has 0 heterocycles. The average molecular weight is 312 g/mol. The van der Waals surface area contributed by atoms with Gasteiger partial charge in [0.2, 0.25) is 5.91 Å². The van der Waals surface area contributed by atoms with Crippen molar-refractivity contribution in [3.8, 4) is 0 Å². The fourth-order valence-corrected chi connectivity index (χ4v) is 2.72. The van der Waals surface area contributed by atoms with Crippen LogP contribution in [0.4, 0.5) is 4.39 Å². The third kappa shape index (κ3) is 4.17. The number of hydrogen-bond acceptors (Lipinski definition) is 2. The summed E-state index contributed by atoms with van der Waals surface area (Å²) in [6.45, 7) is 0.654. The highest BCUT2D eigenvalue weighted by atomic mass is 19.1. The van der Waals surface area contributed by atoms with Crippen LogP contribution in [-0.2, 0) is 11.3 Å². The number of benzene rings is 2. The number of nitrogens with one attached hydrogen (secondary N) is 1. The van der Waals surface area contributed by atoms with E-state index in [0.29, 0.717) is 12.6 Å². The second-order valence-electron chi connectivity index (χ2n) is 6.14. The summed E-state index contributed by atoms with van der Waals surface area (Å²) in [4.78, 5) is 14.7. The summed E-state index contributed by atoms with van der Waals surface area (Å²) in [6, 6.07) is 16.1. The van der Waals surface area contributed by atoms with E-state index in [1.165, 1.54) is 12.1 Å².